The Bertz CT molecular complexity index is 687. The topological polar surface area (TPSA) is 70.3 Å². The summed E-state index contributed by atoms with van der Waals surface area (Å²) in [6, 6.07) is 3.54. The van der Waals surface area contributed by atoms with E-state index >= 15 is 0 Å². The molecule has 0 aromatic carbocycles. The fourth-order valence-corrected chi connectivity index (χ4v) is 2.36. The van der Waals surface area contributed by atoms with E-state index in [4.69, 9.17) is 15.2 Å². The average Bonchev–Trinajstić information content (AvgIpc) is 2.46. The zero-order valence-corrected chi connectivity index (χ0v) is 11.9. The molecule has 3 heterocycles. The van der Waals surface area contributed by atoms with Gasteiger partial charge in [0.2, 0.25) is 5.88 Å². The zero-order chi connectivity index (χ0) is 15.0. The van der Waals surface area contributed by atoms with Crippen LogP contribution in [0.25, 0.3) is 11.1 Å². The van der Waals surface area contributed by atoms with Crippen molar-refractivity contribution in [3.8, 4) is 17.0 Å². The summed E-state index contributed by atoms with van der Waals surface area (Å²) in [5.74, 6) is 0.277. The zero-order valence-electron chi connectivity index (χ0n) is 11.9. The predicted molar refractivity (Wildman–Crippen MR) is 76.8 cm³/mol. The molecule has 1 aliphatic heterocycles. The first-order valence-corrected chi connectivity index (χ1v) is 6.57. The number of halogens is 1. The van der Waals surface area contributed by atoms with Crippen molar-refractivity contribution in [2.45, 2.75) is 12.6 Å². The van der Waals surface area contributed by atoms with Crippen molar-refractivity contribution < 1.29 is 13.9 Å². The maximum Gasteiger partial charge on any atom is 0.219 e. The Balaban J connectivity index is 2.12. The number of methoxy groups -OCH3 is 1. The third-order valence-electron chi connectivity index (χ3n) is 3.61. The number of nitrogens with zero attached hydrogens (tertiary/aromatic N) is 2. The molecule has 0 aliphatic carbocycles. The Hall–Kier alpha value is -2.21. The highest BCUT2D eigenvalue weighted by molar-refractivity contribution is 5.69. The maximum atomic E-state index is 14.7. The number of nitrogens with two attached hydrogens (primary N) is 1. The van der Waals surface area contributed by atoms with Crippen LogP contribution in [-0.2, 0) is 10.4 Å². The SMILES string of the molecule is COc1ncc(-c2cc(N)cnc2C)cc1C1(F)COC1. The molecule has 3 rings (SSSR count). The molecule has 110 valence electrons. The molecule has 0 amide bonds. The Kier molecular flexibility index (Phi) is 3.25. The van der Waals surface area contributed by atoms with E-state index in [0.29, 0.717) is 11.3 Å². The van der Waals surface area contributed by atoms with Crippen molar-refractivity contribution in [1.29, 1.82) is 0 Å². The molecular weight excluding hydrogens is 273 g/mol. The molecule has 1 saturated heterocycles. The number of aromatic nitrogens is 2. The summed E-state index contributed by atoms with van der Waals surface area (Å²) in [5, 5.41) is 0. The summed E-state index contributed by atoms with van der Waals surface area (Å²) < 4.78 is 24.8. The third kappa shape index (κ3) is 2.31. The second-order valence-corrected chi connectivity index (χ2v) is 5.14. The molecule has 0 unspecified atom stereocenters. The van der Waals surface area contributed by atoms with Crippen LogP contribution in [0.2, 0.25) is 0 Å². The van der Waals surface area contributed by atoms with Crippen LogP contribution in [0.3, 0.4) is 0 Å². The first-order valence-electron chi connectivity index (χ1n) is 6.57. The maximum absolute atomic E-state index is 14.7. The molecule has 6 heteroatoms. The summed E-state index contributed by atoms with van der Waals surface area (Å²) in [5.41, 5.74) is 7.58. The van der Waals surface area contributed by atoms with Crippen LogP contribution in [0.1, 0.15) is 11.3 Å². The number of pyridine rings is 2. The first-order chi connectivity index (χ1) is 10.0. The fourth-order valence-electron chi connectivity index (χ4n) is 2.36. The molecule has 0 atom stereocenters. The van der Waals surface area contributed by atoms with Gasteiger partial charge in [-0.1, -0.05) is 0 Å². The molecule has 0 saturated carbocycles. The van der Waals surface area contributed by atoms with Gasteiger partial charge in [-0.2, -0.15) is 0 Å². The van der Waals surface area contributed by atoms with E-state index in [9.17, 15) is 4.39 Å². The minimum Gasteiger partial charge on any atom is -0.481 e. The van der Waals surface area contributed by atoms with Gasteiger partial charge in [0, 0.05) is 23.0 Å². The smallest absolute Gasteiger partial charge is 0.219 e. The molecule has 5 nitrogen and oxygen atoms in total. The van der Waals surface area contributed by atoms with Crippen LogP contribution < -0.4 is 10.5 Å². The monoisotopic (exact) mass is 289 g/mol. The standard InChI is InChI=1S/C15H16FN3O2/c1-9-12(4-11(17)6-18-9)10-3-13(14(20-2)19-5-10)15(16)7-21-8-15/h3-6H,7-8,17H2,1-2H3. The molecule has 2 aromatic heterocycles. The summed E-state index contributed by atoms with van der Waals surface area (Å²) in [7, 11) is 1.47. The van der Waals surface area contributed by atoms with Crippen LogP contribution in [0.4, 0.5) is 10.1 Å². The molecule has 2 N–H and O–H groups in total. The number of anilines is 1. The van der Waals surface area contributed by atoms with E-state index in [2.05, 4.69) is 9.97 Å². The number of alkyl halides is 1. The molecular formula is C15H16FN3O2. The Labute approximate surface area is 121 Å². The third-order valence-corrected chi connectivity index (χ3v) is 3.61. The molecule has 1 fully saturated rings. The second kappa shape index (κ2) is 4.96. The lowest BCUT2D eigenvalue weighted by Crippen LogP contribution is -2.43. The van der Waals surface area contributed by atoms with Crippen molar-refractivity contribution >= 4 is 5.69 Å². The molecule has 0 radical (unpaired) electrons. The van der Waals surface area contributed by atoms with Gasteiger partial charge in [-0.15, -0.1) is 0 Å². The van der Waals surface area contributed by atoms with E-state index < -0.39 is 5.67 Å². The second-order valence-electron chi connectivity index (χ2n) is 5.14. The van der Waals surface area contributed by atoms with Crippen LogP contribution in [0.5, 0.6) is 5.88 Å². The molecule has 2 aromatic rings. The van der Waals surface area contributed by atoms with Crippen molar-refractivity contribution in [3.63, 3.8) is 0 Å². The minimum absolute atomic E-state index is 0.0165. The molecule has 0 spiro atoms. The van der Waals surface area contributed by atoms with Crippen LogP contribution >= 0.6 is 0 Å². The van der Waals surface area contributed by atoms with Gasteiger partial charge >= 0.3 is 0 Å². The number of hydrogen-bond donors (Lipinski definition) is 1. The van der Waals surface area contributed by atoms with E-state index in [-0.39, 0.29) is 19.1 Å². The van der Waals surface area contributed by atoms with Gasteiger partial charge in [0.25, 0.3) is 0 Å². The van der Waals surface area contributed by atoms with Crippen molar-refractivity contribution in [2.75, 3.05) is 26.1 Å². The summed E-state index contributed by atoms with van der Waals surface area (Å²) in [6.45, 7) is 1.90. The molecule has 1 aliphatic rings. The summed E-state index contributed by atoms with van der Waals surface area (Å²) in [6.07, 6.45) is 3.22. The number of aryl methyl sites for hydroxylation is 1. The lowest BCUT2D eigenvalue weighted by atomic mass is 9.92. The van der Waals surface area contributed by atoms with Gasteiger partial charge in [-0.05, 0) is 19.1 Å². The van der Waals surface area contributed by atoms with Crippen LogP contribution in [-0.4, -0.2) is 30.3 Å². The van der Waals surface area contributed by atoms with E-state index in [0.717, 1.165) is 16.8 Å². The van der Waals surface area contributed by atoms with Crippen LogP contribution in [0, 0.1) is 6.92 Å². The molecule has 21 heavy (non-hydrogen) atoms. The van der Waals surface area contributed by atoms with Crippen molar-refractivity contribution in [3.05, 3.63) is 35.8 Å². The Morgan fingerprint density at radius 2 is 2.05 bits per heavy atom. The van der Waals surface area contributed by atoms with E-state index in [1.54, 1.807) is 24.5 Å². The lowest BCUT2D eigenvalue weighted by Gasteiger charge is -2.34. The normalized spacial score (nSPS) is 16.3. The summed E-state index contributed by atoms with van der Waals surface area (Å²) >= 11 is 0. The highest BCUT2D eigenvalue weighted by Crippen LogP contribution is 2.40. The number of hydrogen-bond acceptors (Lipinski definition) is 5. The lowest BCUT2D eigenvalue weighted by molar-refractivity contribution is -0.136. The number of ether oxygens (including phenoxy) is 2. The number of rotatable bonds is 3. The predicted octanol–water partition coefficient (Wildman–Crippen LogP) is 2.24. The van der Waals surface area contributed by atoms with Gasteiger partial charge in [-0.3, -0.25) is 4.98 Å². The van der Waals surface area contributed by atoms with Crippen LogP contribution in [0.15, 0.2) is 24.5 Å². The van der Waals surface area contributed by atoms with Gasteiger partial charge in [0.1, 0.15) is 0 Å². The first kappa shape index (κ1) is 13.8. The van der Waals surface area contributed by atoms with Gasteiger partial charge in [0.15, 0.2) is 5.67 Å². The van der Waals surface area contributed by atoms with Gasteiger partial charge in [-0.25, -0.2) is 9.37 Å². The van der Waals surface area contributed by atoms with Gasteiger partial charge < -0.3 is 15.2 Å². The average molecular weight is 289 g/mol. The Morgan fingerprint density at radius 3 is 2.67 bits per heavy atom. The highest BCUT2D eigenvalue weighted by Gasteiger charge is 2.43. The van der Waals surface area contributed by atoms with Crippen molar-refractivity contribution in [2.24, 2.45) is 0 Å². The largest absolute Gasteiger partial charge is 0.481 e. The minimum atomic E-state index is -1.55. The van der Waals surface area contributed by atoms with E-state index in [1.165, 1.54) is 7.11 Å². The Morgan fingerprint density at radius 1 is 1.29 bits per heavy atom. The van der Waals surface area contributed by atoms with Gasteiger partial charge in [0.05, 0.1) is 37.8 Å². The van der Waals surface area contributed by atoms with E-state index in [1.807, 2.05) is 6.92 Å². The number of nitrogen functional groups attached to an aromatic ring is 1. The molecule has 0 bridgehead atoms. The highest BCUT2D eigenvalue weighted by atomic mass is 19.1. The summed E-state index contributed by atoms with van der Waals surface area (Å²) in [4.78, 5) is 8.43. The quantitative estimate of drug-likeness (QED) is 0.938. The fraction of sp³-hybridized carbons (Fsp3) is 0.333. The van der Waals surface area contributed by atoms with Crippen molar-refractivity contribution in [1.82, 2.24) is 9.97 Å².